The first-order valence-corrected chi connectivity index (χ1v) is 10.1. The van der Waals surface area contributed by atoms with Gasteiger partial charge in [0.2, 0.25) is 0 Å². The molecule has 1 amide bonds. The molecule has 160 valence electrons. The van der Waals surface area contributed by atoms with Gasteiger partial charge in [0.1, 0.15) is 17.2 Å². The number of benzene rings is 3. The van der Waals surface area contributed by atoms with Crippen LogP contribution in [0.5, 0.6) is 17.2 Å². The van der Waals surface area contributed by atoms with Crippen molar-refractivity contribution in [3.8, 4) is 17.2 Å². The van der Waals surface area contributed by atoms with Gasteiger partial charge in [-0.3, -0.25) is 9.59 Å². The first-order chi connectivity index (χ1) is 15.1. The van der Waals surface area contributed by atoms with E-state index in [9.17, 15) is 9.59 Å². The van der Waals surface area contributed by atoms with Crippen molar-refractivity contribution in [3.05, 3.63) is 84.9 Å². The van der Waals surface area contributed by atoms with Crippen molar-refractivity contribution in [2.24, 2.45) is 0 Å². The molecule has 0 unspecified atom stereocenters. The predicted molar refractivity (Wildman–Crippen MR) is 118 cm³/mol. The first kappa shape index (κ1) is 21.9. The topological polar surface area (TPSA) is 73.9 Å². The van der Waals surface area contributed by atoms with E-state index in [1.54, 1.807) is 31.2 Å². The fourth-order valence-electron chi connectivity index (χ4n) is 2.71. The maximum Gasteiger partial charge on any atom is 0.306 e. The number of carbonyl (C=O) groups is 2. The van der Waals surface area contributed by atoms with E-state index in [-0.39, 0.29) is 6.42 Å². The number of esters is 1. The van der Waals surface area contributed by atoms with Gasteiger partial charge in [-0.05, 0) is 61.9 Å². The summed E-state index contributed by atoms with van der Waals surface area (Å²) in [6, 6.07) is 25.8. The summed E-state index contributed by atoms with van der Waals surface area (Å²) in [5.41, 5.74) is 0.588. The van der Waals surface area contributed by atoms with Gasteiger partial charge in [0, 0.05) is 12.1 Å². The van der Waals surface area contributed by atoms with Crippen LogP contribution in [0.15, 0.2) is 84.9 Å². The lowest BCUT2D eigenvalue weighted by Gasteiger charge is -2.14. The average Bonchev–Trinajstić information content (AvgIpc) is 2.79. The summed E-state index contributed by atoms with van der Waals surface area (Å²) in [6.07, 6.45) is -0.219. The van der Waals surface area contributed by atoms with Crippen molar-refractivity contribution < 1.29 is 23.8 Å². The molecule has 0 bridgehead atoms. The van der Waals surface area contributed by atoms with Crippen LogP contribution in [0.4, 0.5) is 5.69 Å². The van der Waals surface area contributed by atoms with Crippen LogP contribution in [0, 0.1) is 0 Å². The van der Waals surface area contributed by atoms with Crippen molar-refractivity contribution >= 4 is 17.6 Å². The van der Waals surface area contributed by atoms with Crippen molar-refractivity contribution in [1.29, 1.82) is 0 Å². The minimum absolute atomic E-state index is 0.177. The number of para-hydroxylation sites is 2. The Kier molecular flexibility index (Phi) is 8.05. The van der Waals surface area contributed by atoms with Crippen LogP contribution < -0.4 is 14.8 Å². The van der Waals surface area contributed by atoms with Gasteiger partial charge in [-0.15, -0.1) is 0 Å². The molecule has 1 N–H and O–H groups in total. The molecule has 0 fully saturated rings. The van der Waals surface area contributed by atoms with Crippen LogP contribution in [-0.4, -0.2) is 24.6 Å². The van der Waals surface area contributed by atoms with Crippen molar-refractivity contribution in [3.63, 3.8) is 0 Å². The minimum atomic E-state index is -0.900. The molecule has 0 heterocycles. The molecule has 3 rings (SSSR count). The number of nitrogens with one attached hydrogen (secondary N) is 1. The summed E-state index contributed by atoms with van der Waals surface area (Å²) >= 11 is 0. The Bertz CT molecular complexity index is 958. The van der Waals surface area contributed by atoms with E-state index in [0.717, 1.165) is 11.5 Å². The summed E-state index contributed by atoms with van der Waals surface area (Å²) < 4.78 is 16.5. The maximum atomic E-state index is 12.3. The normalized spacial score (nSPS) is 11.3. The van der Waals surface area contributed by atoms with Gasteiger partial charge in [-0.1, -0.05) is 36.4 Å². The molecule has 0 saturated heterocycles. The van der Waals surface area contributed by atoms with Gasteiger partial charge in [-0.2, -0.15) is 0 Å². The highest BCUT2D eigenvalue weighted by molar-refractivity contribution is 5.95. The third-order valence-corrected chi connectivity index (χ3v) is 4.32. The maximum absolute atomic E-state index is 12.3. The predicted octanol–water partition coefficient (Wildman–Crippen LogP) is 5.21. The highest BCUT2D eigenvalue weighted by Gasteiger charge is 2.17. The van der Waals surface area contributed by atoms with Crippen molar-refractivity contribution in [1.82, 2.24) is 0 Å². The van der Waals surface area contributed by atoms with Gasteiger partial charge in [0.15, 0.2) is 6.10 Å². The fraction of sp³-hybridized carbons (Fsp3) is 0.200. The zero-order valence-electron chi connectivity index (χ0n) is 17.3. The molecule has 3 aromatic carbocycles. The number of anilines is 1. The second-order valence-electron chi connectivity index (χ2n) is 6.83. The molecule has 6 nitrogen and oxygen atoms in total. The highest BCUT2D eigenvalue weighted by atomic mass is 16.5. The Labute approximate surface area is 181 Å². The lowest BCUT2D eigenvalue weighted by Crippen LogP contribution is -2.30. The van der Waals surface area contributed by atoms with Crippen LogP contribution in [0.1, 0.15) is 19.8 Å². The third-order valence-electron chi connectivity index (χ3n) is 4.32. The molecule has 31 heavy (non-hydrogen) atoms. The van der Waals surface area contributed by atoms with E-state index in [2.05, 4.69) is 5.32 Å². The summed E-state index contributed by atoms with van der Waals surface area (Å²) in [7, 11) is 0. The van der Waals surface area contributed by atoms with Crippen molar-refractivity contribution in [2.75, 3.05) is 11.9 Å². The van der Waals surface area contributed by atoms with Gasteiger partial charge < -0.3 is 19.5 Å². The van der Waals surface area contributed by atoms with E-state index in [1.165, 1.54) is 0 Å². The summed E-state index contributed by atoms with van der Waals surface area (Å²) in [6.45, 7) is 1.94. The van der Waals surface area contributed by atoms with Crippen LogP contribution in [0.3, 0.4) is 0 Å². The van der Waals surface area contributed by atoms with Crippen molar-refractivity contribution in [2.45, 2.75) is 25.9 Å². The van der Waals surface area contributed by atoms with Crippen LogP contribution in [-0.2, 0) is 14.3 Å². The number of hydrogen-bond donors (Lipinski definition) is 1. The standard InChI is InChI=1S/C25H25NO5/c1-19(30-24(27)13-8-18-29-21-9-4-2-5-10-21)25(28)26-20-14-16-23(17-15-20)31-22-11-6-3-7-12-22/h2-7,9-12,14-17,19H,8,13,18H2,1H3,(H,26,28)/t19-/m1/s1. The highest BCUT2D eigenvalue weighted by Crippen LogP contribution is 2.22. The van der Waals surface area contributed by atoms with Gasteiger partial charge in [0.25, 0.3) is 5.91 Å². The largest absolute Gasteiger partial charge is 0.494 e. The molecule has 3 aromatic rings. The Morgan fingerprint density at radius 3 is 2.03 bits per heavy atom. The fourth-order valence-corrected chi connectivity index (χ4v) is 2.71. The Balaban J connectivity index is 1.37. The number of amides is 1. The van der Waals surface area contributed by atoms with Gasteiger partial charge >= 0.3 is 5.97 Å². The van der Waals surface area contributed by atoms with E-state index in [4.69, 9.17) is 14.2 Å². The SMILES string of the molecule is C[C@@H](OC(=O)CCCOc1ccccc1)C(=O)Nc1ccc(Oc2ccccc2)cc1. The molecule has 0 spiro atoms. The Morgan fingerprint density at radius 1 is 0.806 bits per heavy atom. The van der Waals surface area contributed by atoms with Gasteiger partial charge in [-0.25, -0.2) is 0 Å². The van der Waals surface area contributed by atoms with E-state index < -0.39 is 18.0 Å². The van der Waals surface area contributed by atoms with Crippen LogP contribution >= 0.6 is 0 Å². The second-order valence-corrected chi connectivity index (χ2v) is 6.83. The smallest absolute Gasteiger partial charge is 0.306 e. The van der Waals surface area contributed by atoms with Crippen LogP contribution in [0.2, 0.25) is 0 Å². The summed E-state index contributed by atoms with van der Waals surface area (Å²) in [5, 5.41) is 2.73. The number of carbonyl (C=O) groups excluding carboxylic acids is 2. The lowest BCUT2D eigenvalue weighted by molar-refractivity contribution is -0.153. The second kappa shape index (κ2) is 11.4. The monoisotopic (exact) mass is 419 g/mol. The summed E-state index contributed by atoms with van der Waals surface area (Å²) in [4.78, 5) is 24.3. The number of rotatable bonds is 10. The summed E-state index contributed by atoms with van der Waals surface area (Å²) in [5.74, 6) is 1.30. The van der Waals surface area contributed by atoms with Gasteiger partial charge in [0.05, 0.1) is 6.61 Å². The molecule has 0 aromatic heterocycles. The van der Waals surface area contributed by atoms with E-state index in [1.807, 2.05) is 60.7 Å². The lowest BCUT2D eigenvalue weighted by atomic mass is 10.2. The molecular weight excluding hydrogens is 394 g/mol. The molecule has 1 atom stereocenters. The molecule has 6 heteroatoms. The zero-order valence-corrected chi connectivity index (χ0v) is 17.3. The molecule has 0 aliphatic heterocycles. The number of ether oxygens (including phenoxy) is 3. The molecular formula is C25H25NO5. The molecule has 0 radical (unpaired) electrons. The van der Waals surface area contributed by atoms with E-state index in [0.29, 0.717) is 24.5 Å². The minimum Gasteiger partial charge on any atom is -0.494 e. The number of hydrogen-bond acceptors (Lipinski definition) is 5. The quantitative estimate of drug-likeness (QED) is 0.361. The van der Waals surface area contributed by atoms with E-state index >= 15 is 0 Å². The Hall–Kier alpha value is -3.80. The first-order valence-electron chi connectivity index (χ1n) is 10.1. The zero-order chi connectivity index (χ0) is 21.9. The average molecular weight is 419 g/mol. The molecule has 0 saturated carbocycles. The molecule has 0 aliphatic rings. The molecule has 0 aliphatic carbocycles. The van der Waals surface area contributed by atoms with Crippen LogP contribution in [0.25, 0.3) is 0 Å². The Morgan fingerprint density at radius 2 is 1.39 bits per heavy atom. The third kappa shape index (κ3) is 7.51.